The van der Waals surface area contributed by atoms with Crippen LogP contribution in [0.3, 0.4) is 0 Å². The molecule has 2 N–H and O–H groups in total. The van der Waals surface area contributed by atoms with Gasteiger partial charge < -0.3 is 10.2 Å². The second kappa shape index (κ2) is 5.52. The van der Waals surface area contributed by atoms with Gasteiger partial charge in [0.25, 0.3) is 0 Å². The summed E-state index contributed by atoms with van der Waals surface area (Å²) in [5.41, 5.74) is 1.97. The maximum Gasteiger partial charge on any atom is 0.332 e. The number of allylic oxidation sites excluding steroid dienone is 3. The van der Waals surface area contributed by atoms with Gasteiger partial charge in [-0.2, -0.15) is 0 Å². The second-order valence-corrected chi connectivity index (χ2v) is 4.51. The highest BCUT2D eigenvalue weighted by atomic mass is 16.4. The van der Waals surface area contributed by atoms with Crippen molar-refractivity contribution in [3.63, 3.8) is 0 Å². The summed E-state index contributed by atoms with van der Waals surface area (Å²) in [5, 5.41) is 18.1. The molecule has 1 aromatic carbocycles. The number of carboxylic acids is 2. The summed E-state index contributed by atoms with van der Waals surface area (Å²) in [6.07, 6.45) is 4.02. The highest BCUT2D eigenvalue weighted by Gasteiger charge is 2.30. The van der Waals surface area contributed by atoms with E-state index >= 15 is 0 Å². The zero-order valence-corrected chi connectivity index (χ0v) is 10.2. The van der Waals surface area contributed by atoms with Crippen LogP contribution in [0.1, 0.15) is 12.0 Å². The molecule has 0 saturated carbocycles. The maximum absolute atomic E-state index is 11.1. The Morgan fingerprint density at radius 2 is 1.79 bits per heavy atom. The van der Waals surface area contributed by atoms with Crippen LogP contribution < -0.4 is 0 Å². The van der Waals surface area contributed by atoms with Crippen molar-refractivity contribution < 1.29 is 19.8 Å². The SMILES string of the molecule is O=C(O)C1=CC=C(Cc2ccccc2)CC1C(=O)O. The van der Waals surface area contributed by atoms with Crippen molar-refractivity contribution in [2.24, 2.45) is 5.92 Å². The summed E-state index contributed by atoms with van der Waals surface area (Å²) < 4.78 is 0. The maximum atomic E-state index is 11.1. The van der Waals surface area contributed by atoms with Gasteiger partial charge in [-0.05, 0) is 18.4 Å². The molecule has 1 aliphatic rings. The molecule has 0 bridgehead atoms. The molecule has 1 aliphatic carbocycles. The third-order valence-corrected chi connectivity index (χ3v) is 3.16. The smallest absolute Gasteiger partial charge is 0.332 e. The minimum absolute atomic E-state index is 0.0516. The zero-order valence-electron chi connectivity index (χ0n) is 10.2. The lowest BCUT2D eigenvalue weighted by Crippen LogP contribution is -2.24. The fourth-order valence-electron chi connectivity index (χ4n) is 2.19. The molecule has 1 unspecified atom stereocenters. The standard InChI is InChI=1S/C15H14O4/c16-14(17)12-7-6-11(9-13(12)15(18)19)8-10-4-2-1-3-5-10/h1-7,13H,8-9H2,(H,16,17)(H,18,19). The van der Waals surface area contributed by atoms with E-state index in [9.17, 15) is 9.59 Å². The van der Waals surface area contributed by atoms with Gasteiger partial charge in [0.15, 0.2) is 0 Å². The Morgan fingerprint density at radius 3 is 2.37 bits per heavy atom. The van der Waals surface area contributed by atoms with Crippen LogP contribution in [0.4, 0.5) is 0 Å². The zero-order chi connectivity index (χ0) is 13.8. The molecule has 1 aromatic rings. The molecule has 2 rings (SSSR count). The molecule has 98 valence electrons. The Morgan fingerprint density at radius 1 is 1.11 bits per heavy atom. The Labute approximate surface area is 110 Å². The summed E-state index contributed by atoms with van der Waals surface area (Å²) >= 11 is 0. The predicted molar refractivity (Wildman–Crippen MR) is 69.7 cm³/mol. The summed E-state index contributed by atoms with van der Waals surface area (Å²) in [6, 6.07) is 9.69. The first kappa shape index (κ1) is 13.1. The Balaban J connectivity index is 2.20. The Hall–Kier alpha value is -2.36. The molecule has 4 nitrogen and oxygen atoms in total. The van der Waals surface area contributed by atoms with Gasteiger partial charge in [-0.1, -0.05) is 48.1 Å². The van der Waals surface area contributed by atoms with Crippen LogP contribution in [0.5, 0.6) is 0 Å². The molecular formula is C15H14O4. The number of carbonyl (C=O) groups is 2. The van der Waals surface area contributed by atoms with E-state index in [4.69, 9.17) is 10.2 Å². The molecule has 19 heavy (non-hydrogen) atoms. The van der Waals surface area contributed by atoms with E-state index in [1.807, 2.05) is 30.3 Å². The van der Waals surface area contributed by atoms with Gasteiger partial charge in [-0.3, -0.25) is 4.79 Å². The molecule has 0 radical (unpaired) electrons. The number of carboxylic acid groups (broad SMARTS) is 2. The number of benzene rings is 1. The van der Waals surface area contributed by atoms with E-state index in [-0.39, 0.29) is 12.0 Å². The van der Waals surface area contributed by atoms with Crippen LogP contribution >= 0.6 is 0 Å². The van der Waals surface area contributed by atoms with Gasteiger partial charge in [0.05, 0.1) is 11.5 Å². The summed E-state index contributed by atoms with van der Waals surface area (Å²) in [6.45, 7) is 0. The topological polar surface area (TPSA) is 74.6 Å². The first-order valence-electron chi connectivity index (χ1n) is 5.97. The van der Waals surface area contributed by atoms with Crippen molar-refractivity contribution in [3.8, 4) is 0 Å². The van der Waals surface area contributed by atoms with Crippen molar-refractivity contribution in [3.05, 3.63) is 59.2 Å². The minimum atomic E-state index is -1.16. The molecule has 0 saturated heterocycles. The average molecular weight is 258 g/mol. The summed E-state index contributed by atoms with van der Waals surface area (Å²) in [4.78, 5) is 22.1. The van der Waals surface area contributed by atoms with Crippen LogP contribution in [-0.4, -0.2) is 22.2 Å². The van der Waals surface area contributed by atoms with E-state index in [2.05, 4.69) is 0 Å². The first-order chi connectivity index (χ1) is 9.08. The molecule has 0 amide bonds. The average Bonchev–Trinajstić information content (AvgIpc) is 2.39. The van der Waals surface area contributed by atoms with Gasteiger partial charge in [-0.25, -0.2) is 4.79 Å². The molecule has 0 heterocycles. The summed E-state index contributed by atoms with van der Waals surface area (Å²) in [5.74, 6) is -3.21. The van der Waals surface area contributed by atoms with Gasteiger partial charge in [0.1, 0.15) is 0 Å². The lowest BCUT2D eigenvalue weighted by atomic mass is 9.85. The highest BCUT2D eigenvalue weighted by Crippen LogP contribution is 2.27. The number of rotatable bonds is 4. The highest BCUT2D eigenvalue weighted by molar-refractivity contribution is 5.94. The van der Waals surface area contributed by atoms with Crippen LogP contribution in [0, 0.1) is 5.92 Å². The quantitative estimate of drug-likeness (QED) is 0.868. The fourth-order valence-corrected chi connectivity index (χ4v) is 2.19. The van der Waals surface area contributed by atoms with Crippen LogP contribution in [-0.2, 0) is 16.0 Å². The van der Waals surface area contributed by atoms with Crippen LogP contribution in [0.2, 0.25) is 0 Å². The van der Waals surface area contributed by atoms with Gasteiger partial charge in [0.2, 0.25) is 0 Å². The second-order valence-electron chi connectivity index (χ2n) is 4.51. The minimum Gasteiger partial charge on any atom is -0.481 e. The van der Waals surface area contributed by atoms with Crippen molar-refractivity contribution >= 4 is 11.9 Å². The van der Waals surface area contributed by atoms with E-state index < -0.39 is 17.9 Å². The molecular weight excluding hydrogens is 244 g/mol. The molecule has 0 aliphatic heterocycles. The van der Waals surface area contributed by atoms with E-state index in [1.54, 1.807) is 6.08 Å². The van der Waals surface area contributed by atoms with Crippen molar-refractivity contribution in [1.82, 2.24) is 0 Å². The summed E-state index contributed by atoms with van der Waals surface area (Å²) in [7, 11) is 0. The fraction of sp³-hybridized carbons (Fsp3) is 0.200. The number of hydrogen-bond acceptors (Lipinski definition) is 2. The number of hydrogen-bond donors (Lipinski definition) is 2. The van der Waals surface area contributed by atoms with Crippen molar-refractivity contribution in [1.29, 1.82) is 0 Å². The predicted octanol–water partition coefficient (Wildman–Crippen LogP) is 2.27. The first-order valence-corrected chi connectivity index (χ1v) is 5.97. The lowest BCUT2D eigenvalue weighted by Gasteiger charge is -2.19. The van der Waals surface area contributed by atoms with Crippen LogP contribution in [0.25, 0.3) is 0 Å². The monoisotopic (exact) mass is 258 g/mol. The largest absolute Gasteiger partial charge is 0.481 e. The molecule has 0 aromatic heterocycles. The molecule has 0 fully saturated rings. The Kier molecular flexibility index (Phi) is 3.80. The third kappa shape index (κ3) is 3.10. The van der Waals surface area contributed by atoms with Crippen LogP contribution in [0.15, 0.2) is 53.6 Å². The van der Waals surface area contributed by atoms with Gasteiger partial charge in [0, 0.05) is 0 Å². The molecule has 4 heteroatoms. The Bertz CT molecular complexity index is 555. The van der Waals surface area contributed by atoms with E-state index in [0.29, 0.717) is 6.42 Å². The van der Waals surface area contributed by atoms with Gasteiger partial charge in [-0.15, -0.1) is 0 Å². The molecule has 1 atom stereocenters. The lowest BCUT2D eigenvalue weighted by molar-refractivity contribution is -0.143. The van der Waals surface area contributed by atoms with Crippen molar-refractivity contribution in [2.75, 3.05) is 0 Å². The van der Waals surface area contributed by atoms with Gasteiger partial charge >= 0.3 is 11.9 Å². The normalized spacial score (nSPS) is 18.4. The van der Waals surface area contributed by atoms with E-state index in [0.717, 1.165) is 11.1 Å². The van der Waals surface area contributed by atoms with Crippen molar-refractivity contribution in [2.45, 2.75) is 12.8 Å². The van der Waals surface area contributed by atoms with E-state index in [1.165, 1.54) is 6.08 Å². The third-order valence-electron chi connectivity index (χ3n) is 3.16. The number of aliphatic carboxylic acids is 2. The molecule has 0 spiro atoms.